The van der Waals surface area contributed by atoms with E-state index >= 15 is 0 Å². The first kappa shape index (κ1) is 13.9. The highest BCUT2D eigenvalue weighted by Gasteiger charge is 2.30. The van der Waals surface area contributed by atoms with Gasteiger partial charge in [0.05, 0.1) is 5.75 Å². The van der Waals surface area contributed by atoms with Gasteiger partial charge in [-0.25, -0.2) is 13.6 Å². The second kappa shape index (κ2) is 4.19. The van der Waals surface area contributed by atoms with Gasteiger partial charge >= 0.3 is 0 Å². The van der Waals surface area contributed by atoms with Crippen LogP contribution in [0.4, 0.5) is 0 Å². The van der Waals surface area contributed by atoms with Crippen molar-refractivity contribution in [1.82, 2.24) is 0 Å². The summed E-state index contributed by atoms with van der Waals surface area (Å²) < 4.78 is 22.0. The van der Waals surface area contributed by atoms with Crippen LogP contribution in [0, 0.1) is 10.8 Å². The van der Waals surface area contributed by atoms with Crippen molar-refractivity contribution in [1.29, 1.82) is 0 Å². The molecule has 0 amide bonds. The van der Waals surface area contributed by atoms with Gasteiger partial charge in [-0.05, 0) is 17.3 Å². The van der Waals surface area contributed by atoms with Crippen LogP contribution in [0.15, 0.2) is 0 Å². The van der Waals surface area contributed by atoms with E-state index in [2.05, 4.69) is 20.8 Å². The molecule has 14 heavy (non-hydrogen) atoms. The first-order valence-electron chi connectivity index (χ1n) is 4.98. The summed E-state index contributed by atoms with van der Waals surface area (Å²) in [6, 6.07) is 0. The highest BCUT2D eigenvalue weighted by molar-refractivity contribution is 7.89. The molecule has 3 nitrogen and oxygen atoms in total. The third-order valence-electron chi connectivity index (χ3n) is 2.51. The SMILES string of the molecule is CCC(C)(C)CC(C)(C)CS(N)(=O)=O. The summed E-state index contributed by atoms with van der Waals surface area (Å²) in [7, 11) is -3.36. The van der Waals surface area contributed by atoms with Crippen molar-refractivity contribution >= 4 is 10.0 Å². The van der Waals surface area contributed by atoms with Gasteiger partial charge in [0.2, 0.25) is 10.0 Å². The standard InChI is InChI=1S/C10H23NO2S/c1-6-9(2,3)7-10(4,5)8-14(11,12)13/h6-8H2,1-5H3,(H2,11,12,13). The second-order valence-corrected chi connectivity index (χ2v) is 7.28. The monoisotopic (exact) mass is 221 g/mol. The molecule has 4 heteroatoms. The molecule has 0 fully saturated rings. The maximum atomic E-state index is 11.0. The zero-order valence-electron chi connectivity index (χ0n) is 9.92. The van der Waals surface area contributed by atoms with Crippen molar-refractivity contribution in [3.8, 4) is 0 Å². The van der Waals surface area contributed by atoms with E-state index < -0.39 is 10.0 Å². The fourth-order valence-corrected chi connectivity index (χ4v) is 3.21. The number of rotatable bonds is 5. The third-order valence-corrected chi connectivity index (χ3v) is 3.69. The van der Waals surface area contributed by atoms with Gasteiger partial charge in [0.25, 0.3) is 0 Å². The Bertz CT molecular complexity index is 278. The van der Waals surface area contributed by atoms with E-state index in [4.69, 9.17) is 5.14 Å². The molecule has 0 unspecified atom stereocenters. The molecule has 86 valence electrons. The Hall–Kier alpha value is -0.0900. The van der Waals surface area contributed by atoms with Crippen LogP contribution >= 0.6 is 0 Å². The van der Waals surface area contributed by atoms with Crippen LogP contribution in [-0.2, 0) is 10.0 Å². The molecule has 0 aliphatic rings. The zero-order valence-corrected chi connectivity index (χ0v) is 10.7. The molecule has 0 aromatic rings. The van der Waals surface area contributed by atoms with Gasteiger partial charge < -0.3 is 0 Å². The molecule has 0 rings (SSSR count). The minimum Gasteiger partial charge on any atom is -0.229 e. The maximum absolute atomic E-state index is 11.0. The number of sulfonamides is 1. The van der Waals surface area contributed by atoms with E-state index in [9.17, 15) is 8.42 Å². The molecule has 0 saturated carbocycles. The van der Waals surface area contributed by atoms with E-state index in [0.717, 1.165) is 12.8 Å². The second-order valence-electron chi connectivity index (χ2n) is 5.67. The molecule has 0 spiro atoms. The molecule has 0 aliphatic carbocycles. The first-order chi connectivity index (χ1) is 5.97. The van der Waals surface area contributed by atoms with Crippen molar-refractivity contribution in [2.24, 2.45) is 16.0 Å². The lowest BCUT2D eigenvalue weighted by atomic mass is 9.75. The summed E-state index contributed by atoms with van der Waals surface area (Å²) in [5.41, 5.74) is -0.0682. The topological polar surface area (TPSA) is 60.2 Å². The van der Waals surface area contributed by atoms with Crippen molar-refractivity contribution in [2.75, 3.05) is 5.75 Å². The molecule has 0 aromatic heterocycles. The molecular formula is C10H23NO2S. The summed E-state index contributed by atoms with van der Waals surface area (Å²) in [6.45, 7) is 10.3. The fourth-order valence-electron chi connectivity index (χ4n) is 2.02. The molecule has 0 bridgehead atoms. The van der Waals surface area contributed by atoms with Crippen LogP contribution in [-0.4, -0.2) is 14.2 Å². The van der Waals surface area contributed by atoms with E-state index in [0.29, 0.717) is 0 Å². The van der Waals surface area contributed by atoms with E-state index in [1.54, 1.807) is 0 Å². The van der Waals surface area contributed by atoms with Gasteiger partial charge in [0, 0.05) is 0 Å². The van der Waals surface area contributed by atoms with Gasteiger partial charge in [-0.1, -0.05) is 41.0 Å². The first-order valence-corrected chi connectivity index (χ1v) is 6.69. The predicted molar refractivity (Wildman–Crippen MR) is 60.4 cm³/mol. The van der Waals surface area contributed by atoms with E-state index in [1.807, 2.05) is 13.8 Å². The van der Waals surface area contributed by atoms with Gasteiger partial charge in [0.15, 0.2) is 0 Å². The van der Waals surface area contributed by atoms with Gasteiger partial charge in [-0.2, -0.15) is 0 Å². The Morgan fingerprint density at radius 2 is 1.50 bits per heavy atom. The predicted octanol–water partition coefficient (Wildman–Crippen LogP) is 2.13. The van der Waals surface area contributed by atoms with Gasteiger partial charge in [-0.3, -0.25) is 0 Å². The summed E-state index contributed by atoms with van der Waals surface area (Å²) in [4.78, 5) is 0. The average molecular weight is 221 g/mol. The molecule has 0 atom stereocenters. The highest BCUT2D eigenvalue weighted by atomic mass is 32.2. The Morgan fingerprint density at radius 1 is 1.07 bits per heavy atom. The summed E-state index contributed by atoms with van der Waals surface area (Å²) in [5.74, 6) is 0.0590. The number of hydrogen-bond acceptors (Lipinski definition) is 2. The molecule has 0 saturated heterocycles. The van der Waals surface area contributed by atoms with Gasteiger partial charge in [0.1, 0.15) is 0 Å². The Labute approximate surface area is 88.1 Å². The van der Waals surface area contributed by atoms with Crippen LogP contribution < -0.4 is 5.14 Å². The van der Waals surface area contributed by atoms with Crippen LogP contribution in [0.5, 0.6) is 0 Å². The van der Waals surface area contributed by atoms with Gasteiger partial charge in [-0.15, -0.1) is 0 Å². The van der Waals surface area contributed by atoms with Crippen LogP contribution in [0.1, 0.15) is 47.5 Å². The third kappa shape index (κ3) is 6.38. The Morgan fingerprint density at radius 3 is 1.79 bits per heavy atom. The highest BCUT2D eigenvalue weighted by Crippen LogP contribution is 2.36. The molecule has 0 aliphatic heterocycles. The normalized spacial score (nSPS) is 14.4. The molecule has 0 radical (unpaired) electrons. The van der Waals surface area contributed by atoms with Crippen molar-refractivity contribution < 1.29 is 8.42 Å². The lowest BCUT2D eigenvalue weighted by Crippen LogP contribution is -2.32. The van der Waals surface area contributed by atoms with E-state index in [-0.39, 0.29) is 16.6 Å². The zero-order chi connectivity index (χ0) is 11.6. The number of primary sulfonamides is 1. The largest absolute Gasteiger partial charge is 0.229 e. The number of hydrogen-bond donors (Lipinski definition) is 1. The summed E-state index contributed by atoms with van der Waals surface area (Å²) >= 11 is 0. The Kier molecular flexibility index (Phi) is 4.16. The fraction of sp³-hybridized carbons (Fsp3) is 1.00. The van der Waals surface area contributed by atoms with Crippen LogP contribution in [0.3, 0.4) is 0 Å². The molecule has 2 N–H and O–H groups in total. The average Bonchev–Trinajstić information content (AvgIpc) is 1.78. The maximum Gasteiger partial charge on any atom is 0.209 e. The van der Waals surface area contributed by atoms with E-state index in [1.165, 1.54) is 0 Å². The summed E-state index contributed by atoms with van der Waals surface area (Å²) in [5, 5.41) is 5.05. The number of nitrogens with two attached hydrogens (primary N) is 1. The molecule has 0 heterocycles. The lowest BCUT2D eigenvalue weighted by Gasteiger charge is -2.33. The van der Waals surface area contributed by atoms with Crippen LogP contribution in [0.2, 0.25) is 0 Å². The molecule has 0 aromatic carbocycles. The minimum absolute atomic E-state index is 0.0590. The lowest BCUT2D eigenvalue weighted by molar-refractivity contribution is 0.208. The Balaban J connectivity index is 4.50. The summed E-state index contributed by atoms with van der Waals surface area (Å²) in [6.07, 6.45) is 1.91. The van der Waals surface area contributed by atoms with Crippen molar-refractivity contribution in [2.45, 2.75) is 47.5 Å². The minimum atomic E-state index is -3.36. The van der Waals surface area contributed by atoms with Crippen molar-refractivity contribution in [3.63, 3.8) is 0 Å². The van der Waals surface area contributed by atoms with Crippen LogP contribution in [0.25, 0.3) is 0 Å². The quantitative estimate of drug-likeness (QED) is 0.773. The van der Waals surface area contributed by atoms with Crippen molar-refractivity contribution in [3.05, 3.63) is 0 Å². The smallest absolute Gasteiger partial charge is 0.209 e. The molecular weight excluding hydrogens is 198 g/mol.